The molecule has 0 spiro atoms. The minimum atomic E-state index is -4.05. The molecule has 0 fully saturated rings. The molecule has 34 heavy (non-hydrogen) atoms. The van der Waals surface area contributed by atoms with Crippen LogP contribution in [-0.4, -0.2) is 52.9 Å². The van der Waals surface area contributed by atoms with Gasteiger partial charge in [-0.1, -0.05) is 6.92 Å². The smallest absolute Gasteiger partial charge is 0.271 e. The summed E-state index contributed by atoms with van der Waals surface area (Å²) >= 11 is 0. The van der Waals surface area contributed by atoms with E-state index in [0.717, 1.165) is 16.6 Å². The number of nitro groups is 1. The molecule has 0 saturated carbocycles. The normalized spacial score (nSPS) is 12.9. The molecule has 0 aromatic heterocycles. The summed E-state index contributed by atoms with van der Waals surface area (Å²) in [5.74, 6) is 0.550. The van der Waals surface area contributed by atoms with Gasteiger partial charge in [0.25, 0.3) is 5.69 Å². The average Bonchev–Trinajstić information content (AvgIpc) is 2.80. The van der Waals surface area contributed by atoms with E-state index in [4.69, 9.17) is 14.2 Å². The maximum absolute atomic E-state index is 13.3. The molecule has 1 N–H and O–H groups in total. The number of hydrogen-bond donors (Lipinski definition) is 1. The molecule has 2 rings (SSSR count). The molecule has 0 aliphatic rings. The molecule has 0 heterocycles. The second kappa shape index (κ2) is 11.1. The van der Waals surface area contributed by atoms with Crippen molar-refractivity contribution in [1.82, 2.24) is 5.32 Å². The van der Waals surface area contributed by atoms with Crippen LogP contribution in [0.4, 0.5) is 11.4 Å². The number of methoxy groups -OCH3 is 3. The van der Waals surface area contributed by atoms with Gasteiger partial charge in [0.05, 0.1) is 38.6 Å². The van der Waals surface area contributed by atoms with Crippen molar-refractivity contribution in [2.24, 2.45) is 0 Å². The largest absolute Gasteiger partial charge is 0.497 e. The van der Waals surface area contributed by atoms with Crippen molar-refractivity contribution in [2.45, 2.75) is 32.4 Å². The maximum Gasteiger partial charge on any atom is 0.271 e. The van der Waals surface area contributed by atoms with E-state index in [1.807, 2.05) is 0 Å². The highest BCUT2D eigenvalue weighted by Crippen LogP contribution is 2.36. The summed E-state index contributed by atoms with van der Waals surface area (Å²) in [6.45, 7) is 3.36. The Morgan fingerprint density at radius 2 is 1.71 bits per heavy atom. The van der Waals surface area contributed by atoms with Crippen LogP contribution in [-0.2, 0) is 14.8 Å². The summed E-state index contributed by atoms with van der Waals surface area (Å²) in [5, 5.41) is 14.1. The van der Waals surface area contributed by atoms with E-state index in [0.29, 0.717) is 17.1 Å². The van der Waals surface area contributed by atoms with E-state index in [1.54, 1.807) is 32.0 Å². The fourth-order valence-corrected chi connectivity index (χ4v) is 4.77. The number of rotatable bonds is 11. The van der Waals surface area contributed by atoms with Gasteiger partial charge >= 0.3 is 0 Å². The number of anilines is 1. The third kappa shape index (κ3) is 5.87. The Bertz CT molecular complexity index is 1150. The third-order valence-corrected chi connectivity index (χ3v) is 6.37. The van der Waals surface area contributed by atoms with Gasteiger partial charge in [-0.15, -0.1) is 0 Å². The molecule has 2 aromatic carbocycles. The van der Waals surface area contributed by atoms with Gasteiger partial charge in [0.15, 0.2) is 0 Å². The summed E-state index contributed by atoms with van der Waals surface area (Å²) in [4.78, 5) is 24.0. The van der Waals surface area contributed by atoms with Gasteiger partial charge in [-0.2, -0.15) is 0 Å². The van der Waals surface area contributed by atoms with Crippen molar-refractivity contribution in [1.29, 1.82) is 0 Å². The number of nitrogens with zero attached hydrogens (tertiary/aromatic N) is 2. The molecule has 12 heteroatoms. The SMILES string of the molecule is CC[C@@H](C(=O)N[C@H](C)c1cc(OC)ccc1OC)N(c1cc([N+](=O)[O-])ccc1OC)S(C)(=O)=O. The maximum atomic E-state index is 13.3. The van der Waals surface area contributed by atoms with Crippen LogP contribution < -0.4 is 23.8 Å². The van der Waals surface area contributed by atoms with Crippen LogP contribution in [0.5, 0.6) is 17.2 Å². The molecule has 0 saturated heterocycles. The summed E-state index contributed by atoms with van der Waals surface area (Å²) < 4.78 is 42.3. The molecule has 0 aliphatic heterocycles. The molecule has 2 atom stereocenters. The molecule has 1 amide bonds. The highest BCUT2D eigenvalue weighted by atomic mass is 32.2. The first-order valence-electron chi connectivity index (χ1n) is 10.3. The number of sulfonamides is 1. The van der Waals surface area contributed by atoms with Crippen LogP contribution in [0.1, 0.15) is 31.9 Å². The fraction of sp³-hybridized carbons (Fsp3) is 0.409. The monoisotopic (exact) mass is 495 g/mol. The molecule has 0 bridgehead atoms. The van der Waals surface area contributed by atoms with E-state index >= 15 is 0 Å². The van der Waals surface area contributed by atoms with E-state index in [1.165, 1.54) is 33.5 Å². The number of ether oxygens (including phenoxy) is 3. The van der Waals surface area contributed by atoms with Crippen LogP contribution in [0.15, 0.2) is 36.4 Å². The van der Waals surface area contributed by atoms with Crippen LogP contribution >= 0.6 is 0 Å². The lowest BCUT2D eigenvalue weighted by molar-refractivity contribution is -0.384. The Morgan fingerprint density at radius 3 is 2.21 bits per heavy atom. The van der Waals surface area contributed by atoms with E-state index in [9.17, 15) is 23.3 Å². The molecule has 11 nitrogen and oxygen atoms in total. The number of carbonyl (C=O) groups excluding carboxylic acids is 1. The predicted octanol–water partition coefficient (Wildman–Crippen LogP) is 3.04. The van der Waals surface area contributed by atoms with Crippen molar-refractivity contribution >= 4 is 27.3 Å². The highest BCUT2D eigenvalue weighted by molar-refractivity contribution is 7.92. The van der Waals surface area contributed by atoms with Crippen molar-refractivity contribution < 1.29 is 32.3 Å². The Labute approximate surface area is 198 Å². The zero-order chi connectivity index (χ0) is 25.6. The van der Waals surface area contributed by atoms with Crippen molar-refractivity contribution in [3.05, 3.63) is 52.1 Å². The Morgan fingerprint density at radius 1 is 1.09 bits per heavy atom. The molecule has 186 valence electrons. The van der Waals surface area contributed by atoms with Gasteiger partial charge in [0, 0.05) is 17.7 Å². The zero-order valence-electron chi connectivity index (χ0n) is 19.9. The van der Waals surface area contributed by atoms with Gasteiger partial charge in [-0.3, -0.25) is 19.2 Å². The zero-order valence-corrected chi connectivity index (χ0v) is 20.7. The van der Waals surface area contributed by atoms with E-state index in [-0.39, 0.29) is 23.5 Å². The third-order valence-electron chi connectivity index (χ3n) is 5.20. The molecular formula is C22H29N3O8S. The topological polar surface area (TPSA) is 137 Å². The quantitative estimate of drug-likeness (QED) is 0.371. The summed E-state index contributed by atoms with van der Waals surface area (Å²) in [7, 11) is 0.268. The van der Waals surface area contributed by atoms with Gasteiger partial charge in [-0.05, 0) is 37.6 Å². The highest BCUT2D eigenvalue weighted by Gasteiger charge is 2.35. The lowest BCUT2D eigenvalue weighted by Crippen LogP contribution is -2.49. The van der Waals surface area contributed by atoms with Crippen molar-refractivity contribution in [3.8, 4) is 17.2 Å². The summed E-state index contributed by atoms with van der Waals surface area (Å²) in [6.07, 6.45) is 1.02. The number of non-ortho nitro benzene ring substituents is 1. The second-order valence-electron chi connectivity index (χ2n) is 7.43. The number of amides is 1. The lowest BCUT2D eigenvalue weighted by Gasteiger charge is -2.32. The molecule has 0 aliphatic carbocycles. The number of carbonyl (C=O) groups is 1. The predicted molar refractivity (Wildman–Crippen MR) is 127 cm³/mol. The minimum absolute atomic E-state index is 0.0739. The lowest BCUT2D eigenvalue weighted by atomic mass is 10.1. The van der Waals surface area contributed by atoms with Gasteiger partial charge in [-0.25, -0.2) is 8.42 Å². The average molecular weight is 496 g/mol. The second-order valence-corrected chi connectivity index (χ2v) is 9.29. The van der Waals surface area contributed by atoms with Gasteiger partial charge in [0.2, 0.25) is 15.9 Å². The fourth-order valence-electron chi connectivity index (χ4n) is 3.56. The summed E-state index contributed by atoms with van der Waals surface area (Å²) in [6, 6.07) is 6.91. The first kappa shape index (κ1) is 26.7. The molecule has 0 unspecified atom stereocenters. The first-order valence-corrected chi connectivity index (χ1v) is 12.2. The Hall–Kier alpha value is -3.54. The van der Waals surface area contributed by atoms with Crippen molar-refractivity contribution in [3.63, 3.8) is 0 Å². The van der Waals surface area contributed by atoms with Crippen molar-refractivity contribution in [2.75, 3.05) is 31.9 Å². The summed E-state index contributed by atoms with van der Waals surface area (Å²) in [5.41, 5.74) is 0.186. The minimum Gasteiger partial charge on any atom is -0.497 e. The standard InChI is InChI=1S/C22H29N3O8S/c1-7-18(22(26)23-14(2)17-13-16(31-3)9-11-20(17)32-4)24(34(6,29)30)19-12-15(25(27)28)8-10-21(19)33-5/h8-14,18H,7H2,1-6H3,(H,23,26)/t14-,18+/m1/s1. The van der Waals surface area contributed by atoms with Gasteiger partial charge < -0.3 is 19.5 Å². The molecular weight excluding hydrogens is 466 g/mol. The molecule has 2 aromatic rings. The number of hydrogen-bond acceptors (Lipinski definition) is 8. The van der Waals surface area contributed by atoms with Gasteiger partial charge in [0.1, 0.15) is 29.0 Å². The van der Waals surface area contributed by atoms with Crippen LogP contribution in [0.2, 0.25) is 0 Å². The first-order chi connectivity index (χ1) is 16.0. The van der Waals surface area contributed by atoms with Crippen LogP contribution in [0.25, 0.3) is 0 Å². The number of benzene rings is 2. The van der Waals surface area contributed by atoms with Crippen LogP contribution in [0, 0.1) is 10.1 Å². The van der Waals surface area contributed by atoms with Crippen LogP contribution in [0.3, 0.4) is 0 Å². The number of nitrogens with one attached hydrogen (secondary N) is 1. The van der Waals surface area contributed by atoms with E-state index in [2.05, 4.69) is 5.32 Å². The molecule has 0 radical (unpaired) electrons. The van der Waals surface area contributed by atoms with E-state index < -0.39 is 32.9 Å². The number of nitro benzene ring substituents is 1. The Balaban J connectivity index is 2.51. The Kier molecular flexibility index (Phi) is 8.68.